The van der Waals surface area contributed by atoms with Gasteiger partial charge in [-0.3, -0.25) is 0 Å². The molecule has 120 valence electrons. The van der Waals surface area contributed by atoms with Gasteiger partial charge in [0.1, 0.15) is 5.60 Å². The summed E-state index contributed by atoms with van der Waals surface area (Å²) in [5.74, 6) is 0. The molecular weight excluding hydrogens is 278 g/mol. The van der Waals surface area contributed by atoms with E-state index in [4.69, 9.17) is 4.74 Å². The number of ether oxygens (including phenoxy) is 1. The van der Waals surface area contributed by atoms with Crippen LogP contribution in [0.4, 0.5) is 4.79 Å². The third-order valence-electron chi connectivity index (χ3n) is 3.20. The lowest BCUT2D eigenvalue weighted by atomic mass is 10.1. The van der Waals surface area contributed by atoms with E-state index in [1.807, 2.05) is 33.9 Å². The van der Waals surface area contributed by atoms with E-state index < -0.39 is 5.60 Å². The first-order valence-electron chi connectivity index (χ1n) is 7.60. The quantitative estimate of drug-likeness (QED) is 0.795. The highest BCUT2D eigenvalue weighted by atomic mass is 16.6. The number of rotatable bonds is 5. The third kappa shape index (κ3) is 4.77. The minimum absolute atomic E-state index is 0.00213. The lowest BCUT2D eigenvalue weighted by molar-refractivity contribution is 0.0508. The molecule has 1 aromatic carbocycles. The summed E-state index contributed by atoms with van der Waals surface area (Å²) in [5.41, 5.74) is 1.90. The monoisotopic (exact) mass is 303 g/mol. The van der Waals surface area contributed by atoms with Gasteiger partial charge in [-0.2, -0.15) is 0 Å². The molecule has 1 aromatic heterocycles. The predicted octanol–water partition coefficient (Wildman–Crippen LogP) is 3.17. The number of carbonyl (C=O) groups is 1. The second-order valence-electron chi connectivity index (χ2n) is 6.54. The van der Waals surface area contributed by atoms with Crippen LogP contribution < -0.4 is 10.6 Å². The fraction of sp³-hybridized carbons (Fsp3) is 0.471. The largest absolute Gasteiger partial charge is 0.444 e. The van der Waals surface area contributed by atoms with E-state index in [1.165, 1.54) is 10.9 Å². The predicted molar refractivity (Wildman–Crippen MR) is 88.8 cm³/mol. The van der Waals surface area contributed by atoms with Crippen LogP contribution in [0.1, 0.15) is 33.3 Å². The van der Waals surface area contributed by atoms with Crippen molar-refractivity contribution in [1.29, 1.82) is 0 Å². The molecule has 0 aliphatic carbocycles. The van der Waals surface area contributed by atoms with E-state index in [1.54, 1.807) is 0 Å². The summed E-state index contributed by atoms with van der Waals surface area (Å²) in [5, 5.41) is 7.39. The fourth-order valence-corrected chi connectivity index (χ4v) is 2.28. The highest BCUT2D eigenvalue weighted by Gasteiger charge is 2.17. The van der Waals surface area contributed by atoms with Crippen molar-refractivity contribution in [2.45, 2.75) is 45.9 Å². The highest BCUT2D eigenvalue weighted by molar-refractivity contribution is 5.82. The number of fused-ring (bicyclic) bond motifs is 1. The number of aromatic nitrogens is 1. The Balaban J connectivity index is 1.79. The lowest BCUT2D eigenvalue weighted by Gasteiger charge is -2.22. The molecule has 0 fully saturated rings. The second kappa shape index (κ2) is 6.83. The summed E-state index contributed by atoms with van der Waals surface area (Å²) in [4.78, 5) is 14.9. The SMILES string of the molecule is CC(CNCc1cccc2cc[nH]c12)NC(=O)OC(C)(C)C. The molecule has 2 rings (SSSR count). The maximum absolute atomic E-state index is 11.7. The van der Waals surface area contributed by atoms with Crippen molar-refractivity contribution in [2.24, 2.45) is 0 Å². The zero-order chi connectivity index (χ0) is 16.2. The maximum Gasteiger partial charge on any atom is 0.407 e. The van der Waals surface area contributed by atoms with Gasteiger partial charge in [0.05, 0.1) is 0 Å². The Morgan fingerprint density at radius 2 is 2.09 bits per heavy atom. The first kappa shape index (κ1) is 16.4. The molecule has 0 spiro atoms. The Labute approximate surface area is 131 Å². The summed E-state index contributed by atoms with van der Waals surface area (Å²) in [7, 11) is 0. The molecule has 0 aliphatic rings. The molecule has 0 saturated heterocycles. The molecule has 2 aromatic rings. The van der Waals surface area contributed by atoms with Crippen LogP contribution in [0.5, 0.6) is 0 Å². The van der Waals surface area contributed by atoms with Gasteiger partial charge >= 0.3 is 6.09 Å². The molecule has 0 saturated carbocycles. The molecule has 1 heterocycles. The van der Waals surface area contributed by atoms with E-state index in [0.29, 0.717) is 6.54 Å². The molecule has 1 atom stereocenters. The summed E-state index contributed by atoms with van der Waals surface area (Å²) in [6.07, 6.45) is 1.56. The Kier molecular flexibility index (Phi) is 5.08. The van der Waals surface area contributed by atoms with Crippen molar-refractivity contribution >= 4 is 17.0 Å². The average molecular weight is 303 g/mol. The van der Waals surface area contributed by atoms with Gasteiger partial charge in [-0.25, -0.2) is 4.79 Å². The summed E-state index contributed by atoms with van der Waals surface area (Å²) < 4.78 is 5.24. The normalized spacial score (nSPS) is 13.1. The molecule has 1 amide bonds. The van der Waals surface area contributed by atoms with Crippen LogP contribution in [0, 0.1) is 0 Å². The number of benzene rings is 1. The number of para-hydroxylation sites is 1. The summed E-state index contributed by atoms with van der Waals surface area (Å²) in [6.45, 7) is 8.94. The van der Waals surface area contributed by atoms with Crippen molar-refractivity contribution in [3.8, 4) is 0 Å². The molecular formula is C17H25N3O2. The van der Waals surface area contributed by atoms with Crippen LogP contribution in [0.2, 0.25) is 0 Å². The van der Waals surface area contributed by atoms with Gasteiger partial charge in [0, 0.05) is 30.8 Å². The van der Waals surface area contributed by atoms with E-state index >= 15 is 0 Å². The molecule has 0 radical (unpaired) electrons. The molecule has 0 bridgehead atoms. The smallest absolute Gasteiger partial charge is 0.407 e. The number of nitrogens with one attached hydrogen (secondary N) is 3. The Morgan fingerprint density at radius 1 is 1.32 bits per heavy atom. The number of carbonyl (C=O) groups excluding carboxylic acids is 1. The van der Waals surface area contributed by atoms with E-state index in [2.05, 4.69) is 39.9 Å². The number of hydrogen-bond acceptors (Lipinski definition) is 3. The Hall–Kier alpha value is -2.01. The third-order valence-corrected chi connectivity index (χ3v) is 3.20. The van der Waals surface area contributed by atoms with Crippen LogP contribution in [0.3, 0.4) is 0 Å². The molecule has 3 N–H and O–H groups in total. The first-order valence-corrected chi connectivity index (χ1v) is 7.60. The zero-order valence-corrected chi connectivity index (χ0v) is 13.7. The van der Waals surface area contributed by atoms with Gasteiger partial charge in [-0.15, -0.1) is 0 Å². The maximum atomic E-state index is 11.7. The topological polar surface area (TPSA) is 66.2 Å². The molecule has 5 nitrogen and oxygen atoms in total. The van der Waals surface area contributed by atoms with Crippen LogP contribution in [-0.4, -0.2) is 29.3 Å². The van der Waals surface area contributed by atoms with E-state index in [9.17, 15) is 4.79 Å². The number of hydrogen-bond donors (Lipinski definition) is 3. The van der Waals surface area contributed by atoms with E-state index in [0.717, 1.165) is 12.1 Å². The molecule has 0 aliphatic heterocycles. The lowest BCUT2D eigenvalue weighted by Crippen LogP contribution is -2.42. The second-order valence-corrected chi connectivity index (χ2v) is 6.54. The number of amides is 1. The van der Waals surface area contributed by atoms with Gasteiger partial charge in [0.15, 0.2) is 0 Å². The van der Waals surface area contributed by atoms with Gasteiger partial charge in [0.25, 0.3) is 0 Å². The minimum Gasteiger partial charge on any atom is -0.444 e. The van der Waals surface area contributed by atoms with Crippen LogP contribution >= 0.6 is 0 Å². The van der Waals surface area contributed by atoms with Crippen LogP contribution in [-0.2, 0) is 11.3 Å². The zero-order valence-electron chi connectivity index (χ0n) is 13.7. The van der Waals surface area contributed by atoms with Crippen molar-refractivity contribution in [2.75, 3.05) is 6.54 Å². The van der Waals surface area contributed by atoms with Gasteiger partial charge in [0.2, 0.25) is 0 Å². The number of H-pyrrole nitrogens is 1. The van der Waals surface area contributed by atoms with Crippen molar-refractivity contribution in [3.63, 3.8) is 0 Å². The van der Waals surface area contributed by atoms with Crippen molar-refractivity contribution in [3.05, 3.63) is 36.0 Å². The van der Waals surface area contributed by atoms with Gasteiger partial charge in [-0.05, 0) is 44.7 Å². The first-order chi connectivity index (χ1) is 10.3. The highest BCUT2D eigenvalue weighted by Crippen LogP contribution is 2.16. The number of alkyl carbamates (subject to hydrolysis) is 1. The standard InChI is InChI=1S/C17H25N3O2/c1-12(20-16(21)22-17(2,3)4)10-18-11-14-7-5-6-13-8-9-19-15(13)14/h5-9,12,18-19H,10-11H2,1-4H3,(H,20,21). The average Bonchev–Trinajstić information content (AvgIpc) is 2.85. The van der Waals surface area contributed by atoms with Gasteiger partial charge < -0.3 is 20.4 Å². The summed E-state index contributed by atoms with van der Waals surface area (Å²) in [6, 6.07) is 8.29. The van der Waals surface area contributed by atoms with Crippen LogP contribution in [0.25, 0.3) is 10.9 Å². The fourth-order valence-electron chi connectivity index (χ4n) is 2.28. The molecule has 22 heavy (non-hydrogen) atoms. The van der Waals surface area contributed by atoms with Crippen molar-refractivity contribution < 1.29 is 9.53 Å². The summed E-state index contributed by atoms with van der Waals surface area (Å²) >= 11 is 0. The Morgan fingerprint density at radius 3 is 2.82 bits per heavy atom. The molecule has 1 unspecified atom stereocenters. The number of aromatic amines is 1. The van der Waals surface area contributed by atoms with Gasteiger partial charge in [-0.1, -0.05) is 18.2 Å². The van der Waals surface area contributed by atoms with E-state index in [-0.39, 0.29) is 12.1 Å². The molecule has 5 heteroatoms. The van der Waals surface area contributed by atoms with Crippen molar-refractivity contribution in [1.82, 2.24) is 15.6 Å². The minimum atomic E-state index is -0.472. The Bertz CT molecular complexity index is 628. The van der Waals surface area contributed by atoms with Crippen LogP contribution in [0.15, 0.2) is 30.5 Å².